The van der Waals surface area contributed by atoms with Crippen molar-refractivity contribution < 1.29 is 68.8 Å². The number of hydrogen-bond acceptors (Lipinski definition) is 3. The maximum absolute atomic E-state index is 10.7. The number of rotatable bonds is 3. The molecule has 159 valence electrons. The predicted molar refractivity (Wildman–Crippen MR) is 106 cm³/mol. The zero-order valence-corrected chi connectivity index (χ0v) is 21.5. The monoisotopic (exact) mass is 492 g/mol. The molecule has 2 aromatic rings. The van der Waals surface area contributed by atoms with Crippen molar-refractivity contribution in [1.29, 1.82) is 0 Å². The van der Waals surface area contributed by atoms with Crippen LogP contribution in [0.5, 0.6) is 11.5 Å². The second-order valence-electron chi connectivity index (χ2n) is 8.42. The molecular weight excluding hydrogens is 464 g/mol. The van der Waals surface area contributed by atoms with Gasteiger partial charge in [-0.05, 0) is 40.7 Å². The normalized spacial score (nSPS) is 10.8. The SMILES string of the molecule is CC(C)(C)c1cc(C=COc2ccccc2N)c(O)c(C(C)(C)C)c1.[Cl-].[Cl-].[Cl-].[Ti+3]. The summed E-state index contributed by atoms with van der Waals surface area (Å²) in [6.45, 7) is 12.8. The average molecular weight is 494 g/mol. The molecule has 0 aliphatic heterocycles. The van der Waals surface area contributed by atoms with Crippen molar-refractivity contribution in [3.05, 3.63) is 59.4 Å². The van der Waals surface area contributed by atoms with Crippen LogP contribution in [-0.2, 0) is 32.5 Å². The molecule has 0 bridgehead atoms. The summed E-state index contributed by atoms with van der Waals surface area (Å²) < 4.78 is 5.63. The molecule has 2 aromatic carbocycles. The Labute approximate surface area is 208 Å². The topological polar surface area (TPSA) is 55.5 Å². The maximum atomic E-state index is 10.7. The van der Waals surface area contributed by atoms with Gasteiger partial charge in [-0.25, -0.2) is 0 Å². The minimum Gasteiger partial charge on any atom is -1.00 e. The van der Waals surface area contributed by atoms with Crippen LogP contribution in [0.15, 0.2) is 42.7 Å². The van der Waals surface area contributed by atoms with Crippen molar-refractivity contribution in [2.24, 2.45) is 0 Å². The summed E-state index contributed by atoms with van der Waals surface area (Å²) in [5.41, 5.74) is 9.14. The van der Waals surface area contributed by atoms with Gasteiger partial charge in [0.15, 0.2) is 0 Å². The Morgan fingerprint density at radius 1 is 0.897 bits per heavy atom. The zero-order chi connectivity index (χ0) is 18.8. The van der Waals surface area contributed by atoms with Gasteiger partial charge in [0.1, 0.15) is 11.5 Å². The molecule has 0 saturated carbocycles. The van der Waals surface area contributed by atoms with Gasteiger partial charge in [0.05, 0.1) is 11.9 Å². The Bertz CT molecular complexity index is 798. The van der Waals surface area contributed by atoms with Crippen molar-refractivity contribution in [3.8, 4) is 11.5 Å². The minimum absolute atomic E-state index is 0. The Morgan fingerprint density at radius 3 is 1.93 bits per heavy atom. The van der Waals surface area contributed by atoms with E-state index in [0.717, 1.165) is 11.1 Å². The van der Waals surface area contributed by atoms with Gasteiger partial charge in [0.2, 0.25) is 0 Å². The molecule has 0 fully saturated rings. The van der Waals surface area contributed by atoms with Gasteiger partial charge in [-0.3, -0.25) is 0 Å². The van der Waals surface area contributed by atoms with Crippen LogP contribution in [0.2, 0.25) is 0 Å². The van der Waals surface area contributed by atoms with Crippen molar-refractivity contribution in [2.75, 3.05) is 5.73 Å². The molecule has 0 unspecified atom stereocenters. The average Bonchev–Trinajstić information content (AvgIpc) is 2.48. The second-order valence-corrected chi connectivity index (χ2v) is 8.42. The van der Waals surface area contributed by atoms with Crippen molar-refractivity contribution in [1.82, 2.24) is 0 Å². The number of anilines is 1. The van der Waals surface area contributed by atoms with Gasteiger partial charge < -0.3 is 52.8 Å². The van der Waals surface area contributed by atoms with Crippen molar-refractivity contribution >= 4 is 11.8 Å². The summed E-state index contributed by atoms with van der Waals surface area (Å²) in [5, 5.41) is 10.7. The summed E-state index contributed by atoms with van der Waals surface area (Å²) in [6.07, 6.45) is 3.35. The quantitative estimate of drug-likeness (QED) is 0.267. The molecule has 2 rings (SSSR count). The van der Waals surface area contributed by atoms with E-state index in [-0.39, 0.29) is 69.8 Å². The Balaban J connectivity index is -0.00000169. The summed E-state index contributed by atoms with van der Waals surface area (Å²) in [6, 6.07) is 11.4. The smallest absolute Gasteiger partial charge is 1.00 e. The number of phenols is 1. The summed E-state index contributed by atoms with van der Waals surface area (Å²) in [7, 11) is 0. The molecule has 3 nitrogen and oxygen atoms in total. The predicted octanol–water partition coefficient (Wildman–Crippen LogP) is -3.37. The van der Waals surface area contributed by atoms with Crippen LogP contribution in [0.4, 0.5) is 5.69 Å². The Hall–Kier alpha value is -0.836. The van der Waals surface area contributed by atoms with E-state index in [4.69, 9.17) is 10.5 Å². The van der Waals surface area contributed by atoms with E-state index in [0.29, 0.717) is 17.2 Å². The fourth-order valence-electron chi connectivity index (χ4n) is 2.56. The fourth-order valence-corrected chi connectivity index (χ4v) is 2.56. The number of para-hydroxylation sites is 2. The van der Waals surface area contributed by atoms with Gasteiger partial charge in [0.25, 0.3) is 0 Å². The van der Waals surface area contributed by atoms with E-state index >= 15 is 0 Å². The molecule has 0 aromatic heterocycles. The third-order valence-electron chi connectivity index (χ3n) is 4.18. The largest absolute Gasteiger partial charge is 3.00 e. The van der Waals surface area contributed by atoms with Crippen LogP contribution in [0.25, 0.3) is 6.08 Å². The zero-order valence-electron chi connectivity index (χ0n) is 17.7. The van der Waals surface area contributed by atoms with Crippen LogP contribution < -0.4 is 47.7 Å². The standard InChI is InChI=1S/C22H29NO2.3ClH.Ti/c1-21(2,3)16-13-15(20(24)17(14-16)22(4,5)6)11-12-25-19-10-8-7-9-18(19)23;;;;/h7-14,24H,23H2,1-6H3;3*1H;/q;;;;+3/p-3. The molecule has 7 heteroatoms. The van der Waals surface area contributed by atoms with Crippen LogP contribution in [0.3, 0.4) is 0 Å². The first-order valence-corrected chi connectivity index (χ1v) is 8.56. The first-order valence-electron chi connectivity index (χ1n) is 8.56. The van der Waals surface area contributed by atoms with E-state index in [1.807, 2.05) is 24.3 Å². The molecule has 0 saturated heterocycles. The number of aromatic hydroxyl groups is 1. The molecule has 3 N–H and O–H groups in total. The number of hydrogen-bond donors (Lipinski definition) is 2. The fraction of sp³-hybridized carbons (Fsp3) is 0.364. The van der Waals surface area contributed by atoms with E-state index in [1.54, 1.807) is 18.4 Å². The van der Waals surface area contributed by atoms with Crippen molar-refractivity contribution in [3.63, 3.8) is 0 Å². The molecule has 0 aliphatic carbocycles. The number of benzene rings is 2. The maximum Gasteiger partial charge on any atom is 3.00 e. The van der Waals surface area contributed by atoms with E-state index in [1.165, 1.54) is 5.56 Å². The van der Waals surface area contributed by atoms with Gasteiger partial charge in [-0.2, -0.15) is 0 Å². The summed E-state index contributed by atoms with van der Waals surface area (Å²) in [4.78, 5) is 0. The molecule has 0 heterocycles. The van der Waals surface area contributed by atoms with Crippen LogP contribution in [0, 0.1) is 0 Å². The van der Waals surface area contributed by atoms with Gasteiger partial charge in [-0.15, -0.1) is 0 Å². The second kappa shape index (κ2) is 12.8. The number of ether oxygens (including phenoxy) is 1. The summed E-state index contributed by atoms with van der Waals surface area (Å²) >= 11 is 0. The first kappa shape index (κ1) is 32.8. The van der Waals surface area contributed by atoms with Crippen LogP contribution in [0.1, 0.15) is 58.2 Å². The number of nitrogen functional groups attached to an aromatic ring is 1. The molecule has 0 aliphatic rings. The van der Waals surface area contributed by atoms with Crippen LogP contribution in [-0.4, -0.2) is 5.11 Å². The molecule has 0 atom stereocenters. The molecule has 1 radical (unpaired) electrons. The Kier molecular flexibility index (Phi) is 14.4. The van der Waals surface area contributed by atoms with E-state index in [9.17, 15) is 5.11 Å². The molecular formula is C22H29Cl3NO2Ti. The minimum atomic E-state index is -0.154. The Morgan fingerprint density at radius 2 is 1.45 bits per heavy atom. The van der Waals surface area contributed by atoms with E-state index in [2.05, 4.69) is 47.6 Å². The van der Waals surface area contributed by atoms with E-state index < -0.39 is 0 Å². The number of halogens is 3. The van der Waals surface area contributed by atoms with Crippen molar-refractivity contribution in [2.45, 2.75) is 52.4 Å². The van der Waals surface area contributed by atoms with Gasteiger partial charge >= 0.3 is 21.7 Å². The number of phenolic OH excluding ortho intramolecular Hbond substituents is 1. The molecule has 0 spiro atoms. The third-order valence-corrected chi connectivity index (χ3v) is 4.18. The first-order chi connectivity index (χ1) is 11.5. The molecule has 0 amide bonds. The summed E-state index contributed by atoms with van der Waals surface area (Å²) in [5.74, 6) is 0.891. The van der Waals surface area contributed by atoms with Crippen LogP contribution >= 0.6 is 0 Å². The van der Waals surface area contributed by atoms with Gasteiger partial charge in [-0.1, -0.05) is 59.7 Å². The van der Waals surface area contributed by atoms with Gasteiger partial charge in [0, 0.05) is 11.1 Å². The third kappa shape index (κ3) is 8.82. The number of nitrogens with two attached hydrogens (primary N) is 1. The molecule has 29 heavy (non-hydrogen) atoms.